The van der Waals surface area contributed by atoms with E-state index in [1.165, 1.54) is 0 Å². The molecule has 0 unspecified atom stereocenters. The number of benzene rings is 1. The number of hydrogen-bond donors (Lipinski definition) is 2. The summed E-state index contributed by atoms with van der Waals surface area (Å²) in [4.78, 5) is 23.0. The zero-order valence-electron chi connectivity index (χ0n) is 11.0. The minimum absolute atomic E-state index is 0.407. The lowest BCUT2D eigenvalue weighted by molar-refractivity contribution is -0.147. The van der Waals surface area contributed by atoms with Gasteiger partial charge < -0.3 is 15.2 Å². The van der Waals surface area contributed by atoms with Crippen LogP contribution in [-0.4, -0.2) is 23.6 Å². The van der Waals surface area contributed by atoms with Crippen LogP contribution in [0.3, 0.4) is 0 Å². The quantitative estimate of drug-likeness (QED) is 0.798. The average Bonchev–Trinajstić information content (AvgIpc) is 3.14. The van der Waals surface area contributed by atoms with E-state index in [9.17, 15) is 9.59 Å². The Morgan fingerprint density at radius 2 is 2.11 bits per heavy atom. The van der Waals surface area contributed by atoms with E-state index in [4.69, 9.17) is 9.84 Å². The van der Waals surface area contributed by atoms with Crippen molar-refractivity contribution >= 4 is 17.6 Å². The molecule has 0 heterocycles. The highest BCUT2D eigenvalue weighted by atomic mass is 16.5. The Hall–Kier alpha value is -2.04. The Balaban J connectivity index is 2.12. The molecule has 1 aliphatic carbocycles. The Labute approximate surface area is 111 Å². The van der Waals surface area contributed by atoms with Crippen LogP contribution >= 0.6 is 0 Å². The van der Waals surface area contributed by atoms with E-state index in [-0.39, 0.29) is 0 Å². The maximum Gasteiger partial charge on any atom is 0.319 e. The summed E-state index contributed by atoms with van der Waals surface area (Å²) in [6, 6.07) is 5.31. The molecule has 1 saturated carbocycles. The van der Waals surface area contributed by atoms with E-state index in [1.807, 2.05) is 19.9 Å². The molecule has 1 fully saturated rings. The van der Waals surface area contributed by atoms with Gasteiger partial charge in [-0.1, -0.05) is 0 Å². The van der Waals surface area contributed by atoms with Gasteiger partial charge in [0.1, 0.15) is 11.2 Å². The van der Waals surface area contributed by atoms with E-state index in [1.54, 1.807) is 12.1 Å². The summed E-state index contributed by atoms with van der Waals surface area (Å²) < 4.78 is 5.36. The fraction of sp³-hybridized carbons (Fsp3) is 0.429. The summed E-state index contributed by atoms with van der Waals surface area (Å²) in [5.41, 5.74) is 0.256. The third-order valence-electron chi connectivity index (χ3n) is 3.35. The molecule has 5 nitrogen and oxygen atoms in total. The van der Waals surface area contributed by atoms with Crippen molar-refractivity contribution < 1.29 is 19.4 Å². The predicted octanol–water partition coefficient (Wildman–Crippen LogP) is 2.20. The molecule has 0 spiro atoms. The number of rotatable bonds is 5. The van der Waals surface area contributed by atoms with Crippen molar-refractivity contribution in [3.63, 3.8) is 0 Å². The lowest BCUT2D eigenvalue weighted by Gasteiger charge is -2.13. The molecule has 1 aromatic rings. The third kappa shape index (κ3) is 2.54. The molecule has 1 aliphatic rings. The molecule has 5 heteroatoms. The lowest BCUT2D eigenvalue weighted by Crippen LogP contribution is -2.31. The number of anilines is 1. The number of carboxylic acids is 1. The van der Waals surface area contributed by atoms with E-state index in [2.05, 4.69) is 5.32 Å². The fourth-order valence-electron chi connectivity index (χ4n) is 1.94. The van der Waals surface area contributed by atoms with Crippen LogP contribution in [0, 0.1) is 12.3 Å². The first-order valence-electron chi connectivity index (χ1n) is 6.28. The molecule has 0 bridgehead atoms. The second-order valence-corrected chi connectivity index (χ2v) is 4.75. The van der Waals surface area contributed by atoms with Crippen LogP contribution < -0.4 is 10.1 Å². The number of carbonyl (C=O) groups excluding carboxylic acids is 1. The number of nitrogens with one attached hydrogen (secondary N) is 1. The van der Waals surface area contributed by atoms with Gasteiger partial charge in [0.15, 0.2) is 0 Å². The van der Waals surface area contributed by atoms with Gasteiger partial charge in [-0.3, -0.25) is 9.59 Å². The number of aryl methyl sites for hydroxylation is 1. The number of hydrogen-bond acceptors (Lipinski definition) is 3. The molecule has 102 valence electrons. The number of carbonyl (C=O) groups is 2. The molecule has 19 heavy (non-hydrogen) atoms. The largest absolute Gasteiger partial charge is 0.494 e. The average molecular weight is 263 g/mol. The summed E-state index contributed by atoms with van der Waals surface area (Å²) in [5, 5.41) is 11.7. The minimum Gasteiger partial charge on any atom is -0.494 e. The molecule has 1 aromatic carbocycles. The molecular formula is C14H17NO4. The molecular weight excluding hydrogens is 246 g/mol. The Kier molecular flexibility index (Phi) is 3.46. The van der Waals surface area contributed by atoms with E-state index < -0.39 is 17.3 Å². The first-order chi connectivity index (χ1) is 8.99. The van der Waals surface area contributed by atoms with Crippen LogP contribution in [0.5, 0.6) is 5.75 Å². The number of carboxylic acid groups (broad SMARTS) is 1. The lowest BCUT2D eigenvalue weighted by atomic mass is 10.1. The number of amides is 1. The standard InChI is InChI=1S/C14H17NO4/c1-3-19-10-4-5-11(9(2)8-10)15-12(16)14(6-7-14)13(17)18/h4-5,8H,3,6-7H2,1-2H3,(H,15,16)(H,17,18). The van der Waals surface area contributed by atoms with E-state index in [0.717, 1.165) is 11.3 Å². The van der Waals surface area contributed by atoms with E-state index in [0.29, 0.717) is 25.1 Å². The van der Waals surface area contributed by atoms with Crippen LogP contribution in [-0.2, 0) is 9.59 Å². The van der Waals surface area contributed by atoms with Gasteiger partial charge >= 0.3 is 5.97 Å². The maximum absolute atomic E-state index is 12.0. The normalized spacial score (nSPS) is 15.7. The zero-order valence-corrected chi connectivity index (χ0v) is 11.0. The van der Waals surface area contributed by atoms with Crippen molar-refractivity contribution in [3.8, 4) is 5.75 Å². The number of ether oxygens (including phenoxy) is 1. The van der Waals surface area contributed by atoms with Crippen molar-refractivity contribution in [2.24, 2.45) is 5.41 Å². The molecule has 2 rings (SSSR count). The minimum atomic E-state index is -1.22. The van der Waals surface area contributed by atoms with Crippen LogP contribution in [0.25, 0.3) is 0 Å². The van der Waals surface area contributed by atoms with Crippen LogP contribution in [0.15, 0.2) is 18.2 Å². The van der Waals surface area contributed by atoms with Gasteiger partial charge in [0.2, 0.25) is 5.91 Å². The Bertz CT molecular complexity index is 520. The van der Waals surface area contributed by atoms with Crippen LogP contribution in [0.2, 0.25) is 0 Å². The van der Waals surface area contributed by atoms with Gasteiger partial charge in [-0.2, -0.15) is 0 Å². The molecule has 0 aliphatic heterocycles. The fourth-order valence-corrected chi connectivity index (χ4v) is 1.94. The molecule has 0 atom stereocenters. The van der Waals surface area contributed by atoms with Gasteiger partial charge in [-0.05, 0) is 50.5 Å². The van der Waals surface area contributed by atoms with Gasteiger partial charge in [-0.25, -0.2) is 0 Å². The van der Waals surface area contributed by atoms with Gasteiger partial charge in [0.05, 0.1) is 6.61 Å². The van der Waals surface area contributed by atoms with Crippen LogP contribution in [0.4, 0.5) is 5.69 Å². The summed E-state index contributed by atoms with van der Waals surface area (Å²) in [5.74, 6) is -0.752. The Morgan fingerprint density at radius 3 is 2.58 bits per heavy atom. The van der Waals surface area contributed by atoms with Gasteiger partial charge in [0, 0.05) is 5.69 Å². The maximum atomic E-state index is 12.0. The van der Waals surface area contributed by atoms with Gasteiger partial charge in [-0.15, -0.1) is 0 Å². The van der Waals surface area contributed by atoms with Crippen molar-refractivity contribution in [2.45, 2.75) is 26.7 Å². The zero-order chi connectivity index (χ0) is 14.0. The van der Waals surface area contributed by atoms with Crippen molar-refractivity contribution in [2.75, 3.05) is 11.9 Å². The van der Waals surface area contributed by atoms with Crippen LogP contribution in [0.1, 0.15) is 25.3 Å². The van der Waals surface area contributed by atoms with Crippen molar-refractivity contribution in [1.29, 1.82) is 0 Å². The highest BCUT2D eigenvalue weighted by molar-refractivity contribution is 6.11. The summed E-state index contributed by atoms with van der Waals surface area (Å²) in [7, 11) is 0. The highest BCUT2D eigenvalue weighted by Crippen LogP contribution is 2.46. The summed E-state index contributed by atoms with van der Waals surface area (Å²) in [6.07, 6.45) is 0.814. The topological polar surface area (TPSA) is 75.6 Å². The monoisotopic (exact) mass is 263 g/mol. The summed E-state index contributed by atoms with van der Waals surface area (Å²) in [6.45, 7) is 4.32. The van der Waals surface area contributed by atoms with Gasteiger partial charge in [0.25, 0.3) is 0 Å². The van der Waals surface area contributed by atoms with E-state index >= 15 is 0 Å². The first-order valence-corrected chi connectivity index (χ1v) is 6.28. The summed E-state index contributed by atoms with van der Waals surface area (Å²) >= 11 is 0. The van der Waals surface area contributed by atoms with Crippen molar-refractivity contribution in [1.82, 2.24) is 0 Å². The first kappa shape index (κ1) is 13.4. The molecule has 0 aromatic heterocycles. The third-order valence-corrected chi connectivity index (χ3v) is 3.35. The molecule has 1 amide bonds. The second-order valence-electron chi connectivity index (χ2n) is 4.75. The molecule has 2 N–H and O–H groups in total. The smallest absolute Gasteiger partial charge is 0.319 e. The molecule has 0 radical (unpaired) electrons. The van der Waals surface area contributed by atoms with Crippen molar-refractivity contribution in [3.05, 3.63) is 23.8 Å². The number of aliphatic carboxylic acids is 1. The highest BCUT2D eigenvalue weighted by Gasteiger charge is 2.57. The second kappa shape index (κ2) is 4.91. The Morgan fingerprint density at radius 1 is 1.42 bits per heavy atom. The SMILES string of the molecule is CCOc1ccc(NC(=O)C2(C(=O)O)CC2)c(C)c1. The molecule has 0 saturated heterocycles. The predicted molar refractivity (Wildman–Crippen MR) is 70.3 cm³/mol.